The van der Waals surface area contributed by atoms with Gasteiger partial charge in [-0.1, -0.05) is 12.1 Å². The minimum absolute atomic E-state index is 0.666. The Kier molecular flexibility index (Phi) is 2.28. The molecule has 0 N–H and O–H groups in total. The van der Waals surface area contributed by atoms with Crippen molar-refractivity contribution in [2.45, 2.75) is 5.66 Å². The zero-order valence-electron chi connectivity index (χ0n) is 17.8. The summed E-state index contributed by atoms with van der Waals surface area (Å²) in [6.07, 6.45) is 4.34. The molecule has 5 heteroatoms. The van der Waals surface area contributed by atoms with E-state index < -0.39 is 5.66 Å². The van der Waals surface area contributed by atoms with Gasteiger partial charge in [-0.3, -0.25) is 0 Å². The summed E-state index contributed by atoms with van der Waals surface area (Å²) in [5.41, 5.74) is 5.22. The number of pyridine rings is 2. The highest BCUT2D eigenvalue weighted by atomic mass is 16.5. The molecule has 0 radical (unpaired) electrons. The van der Waals surface area contributed by atoms with Gasteiger partial charge in [0.2, 0.25) is 0 Å². The highest BCUT2D eigenvalue weighted by Crippen LogP contribution is 2.56. The van der Waals surface area contributed by atoms with Gasteiger partial charge in [-0.25, -0.2) is 0 Å². The number of aromatic nitrogens is 3. The van der Waals surface area contributed by atoms with Gasteiger partial charge in [0.1, 0.15) is 17.0 Å². The first-order valence-corrected chi connectivity index (χ1v) is 11.5. The molecule has 3 aliphatic heterocycles. The maximum absolute atomic E-state index is 6.61. The monoisotopic (exact) mass is 437 g/mol. The fourth-order valence-corrected chi connectivity index (χ4v) is 6.94. The van der Waals surface area contributed by atoms with Gasteiger partial charge >= 0.3 is 17.2 Å². The van der Waals surface area contributed by atoms with E-state index in [1.165, 1.54) is 38.2 Å². The van der Waals surface area contributed by atoms with Crippen molar-refractivity contribution in [3.05, 3.63) is 102 Å². The van der Waals surface area contributed by atoms with E-state index in [4.69, 9.17) is 9.47 Å². The van der Waals surface area contributed by atoms with Crippen LogP contribution in [0.1, 0.15) is 11.1 Å². The van der Waals surface area contributed by atoms with Crippen LogP contribution in [-0.4, -0.2) is 4.40 Å². The number of fused-ring (bicyclic) bond motifs is 3. The number of para-hydroxylation sites is 1. The molecule has 156 valence electrons. The van der Waals surface area contributed by atoms with Crippen LogP contribution in [0, 0.1) is 0 Å². The molecule has 0 amide bonds. The van der Waals surface area contributed by atoms with Gasteiger partial charge in [0, 0.05) is 22.2 Å². The smallest absolute Gasteiger partial charge is 0.380 e. The molecule has 7 aromatic rings. The van der Waals surface area contributed by atoms with Crippen LogP contribution in [0.3, 0.4) is 0 Å². The summed E-state index contributed by atoms with van der Waals surface area (Å²) < 4.78 is 20.2. The Labute approximate surface area is 192 Å². The van der Waals surface area contributed by atoms with E-state index in [1.807, 2.05) is 18.2 Å². The number of ether oxygens (including phenoxy) is 2. The number of hydrogen-bond acceptors (Lipinski definition) is 2. The third kappa shape index (κ3) is 1.38. The predicted octanol–water partition coefficient (Wildman–Crippen LogP) is 5.23. The number of rotatable bonds is 0. The summed E-state index contributed by atoms with van der Waals surface area (Å²) in [5, 5.41) is 5.07. The minimum atomic E-state index is -0.666. The van der Waals surface area contributed by atoms with Crippen molar-refractivity contribution >= 4 is 38.2 Å². The Morgan fingerprint density at radius 2 is 1.29 bits per heavy atom. The molecular formula is C29H15N3O2+2. The quantitative estimate of drug-likeness (QED) is 0.304. The maximum Gasteiger partial charge on any atom is 0.380 e. The second-order valence-corrected chi connectivity index (χ2v) is 9.40. The van der Waals surface area contributed by atoms with Gasteiger partial charge in [-0.2, -0.15) is 8.97 Å². The standard InChI is InChI=1S/C29H15N3O2/c1-2-14-30-23(11-1)34-21-10-4-9-20-24(21)29(30)25-22(33-20)13-12-18-16-6-3-7-17-19-8-5-15-31(29)28(19)32(26(16)17)27(18)25/h1-15H/q+2. The largest absolute Gasteiger partial charge is 0.455 e. The van der Waals surface area contributed by atoms with Crippen LogP contribution in [0.15, 0.2) is 91.3 Å². The molecule has 1 spiro atoms. The Morgan fingerprint density at radius 3 is 2.24 bits per heavy atom. The topological polar surface area (TPSA) is 30.6 Å². The Balaban J connectivity index is 1.62. The van der Waals surface area contributed by atoms with Crippen LogP contribution in [0.25, 0.3) is 38.2 Å². The molecule has 10 rings (SSSR count). The van der Waals surface area contributed by atoms with Crippen LogP contribution in [0.5, 0.6) is 23.1 Å². The fraction of sp³-hybridized carbons (Fsp3) is 0.0345. The molecule has 0 saturated heterocycles. The van der Waals surface area contributed by atoms with Gasteiger partial charge in [0.25, 0.3) is 0 Å². The first kappa shape index (κ1) is 16.0. The molecule has 3 aromatic carbocycles. The van der Waals surface area contributed by atoms with Gasteiger partial charge in [0.15, 0.2) is 28.6 Å². The first-order chi connectivity index (χ1) is 16.9. The third-order valence-corrected chi connectivity index (χ3v) is 8.02. The average molecular weight is 437 g/mol. The van der Waals surface area contributed by atoms with Crippen molar-refractivity contribution in [2.75, 3.05) is 0 Å². The fourth-order valence-electron chi connectivity index (χ4n) is 6.94. The Hall–Kier alpha value is -4.64. The second kappa shape index (κ2) is 4.82. The summed E-state index contributed by atoms with van der Waals surface area (Å²) in [6.45, 7) is 0. The first-order valence-electron chi connectivity index (χ1n) is 11.5. The van der Waals surface area contributed by atoms with Crippen molar-refractivity contribution in [2.24, 2.45) is 0 Å². The normalized spacial score (nSPS) is 18.6. The molecule has 7 heterocycles. The number of hydrogen-bond donors (Lipinski definition) is 0. The SMILES string of the molecule is c1cc2c3c(c1)Oc1cccc[n+]1C31c3c(ccc4c5cccc6c7ccc[n+]1c7n(c34)c56)O2. The number of benzene rings is 3. The van der Waals surface area contributed by atoms with Crippen molar-refractivity contribution in [1.29, 1.82) is 0 Å². The molecule has 3 aliphatic rings. The molecule has 0 saturated carbocycles. The lowest BCUT2D eigenvalue weighted by atomic mass is 9.82. The van der Waals surface area contributed by atoms with Crippen molar-refractivity contribution < 1.29 is 18.6 Å². The van der Waals surface area contributed by atoms with Crippen LogP contribution < -0.4 is 18.6 Å². The van der Waals surface area contributed by atoms with E-state index in [1.54, 1.807) is 0 Å². The van der Waals surface area contributed by atoms with Crippen molar-refractivity contribution in [3.8, 4) is 23.1 Å². The zero-order valence-corrected chi connectivity index (χ0v) is 17.8. The average Bonchev–Trinajstić information content (AvgIpc) is 3.40. The van der Waals surface area contributed by atoms with Gasteiger partial charge < -0.3 is 9.47 Å². The van der Waals surface area contributed by atoms with E-state index in [-0.39, 0.29) is 0 Å². The third-order valence-electron chi connectivity index (χ3n) is 8.02. The summed E-state index contributed by atoms with van der Waals surface area (Å²) in [7, 11) is 0. The van der Waals surface area contributed by atoms with Crippen LogP contribution in [-0.2, 0) is 5.66 Å². The Bertz CT molecular complexity index is 2080. The van der Waals surface area contributed by atoms with Crippen molar-refractivity contribution in [1.82, 2.24) is 4.40 Å². The van der Waals surface area contributed by atoms with E-state index in [0.29, 0.717) is 0 Å². The van der Waals surface area contributed by atoms with Gasteiger partial charge in [-0.05, 0) is 54.6 Å². The summed E-state index contributed by atoms with van der Waals surface area (Å²) >= 11 is 0. The van der Waals surface area contributed by atoms with Gasteiger partial charge in [0.05, 0.1) is 17.6 Å². The highest BCUT2D eigenvalue weighted by molar-refractivity contribution is 6.23. The summed E-state index contributed by atoms with van der Waals surface area (Å²) in [4.78, 5) is 0. The highest BCUT2D eigenvalue weighted by Gasteiger charge is 2.66. The minimum Gasteiger partial charge on any atom is -0.455 e. The molecule has 1 atom stereocenters. The zero-order chi connectivity index (χ0) is 21.8. The molecule has 4 aromatic heterocycles. The second-order valence-electron chi connectivity index (χ2n) is 9.40. The molecule has 1 unspecified atom stereocenters. The lowest BCUT2D eigenvalue weighted by Gasteiger charge is -2.38. The lowest BCUT2D eigenvalue weighted by molar-refractivity contribution is -0.965. The van der Waals surface area contributed by atoms with E-state index in [9.17, 15) is 0 Å². The van der Waals surface area contributed by atoms with Crippen LogP contribution in [0.4, 0.5) is 0 Å². The molecule has 0 fully saturated rings. The molecule has 5 nitrogen and oxygen atoms in total. The van der Waals surface area contributed by atoms with E-state index in [0.717, 1.165) is 34.3 Å². The lowest BCUT2D eigenvalue weighted by Crippen LogP contribution is -2.77. The van der Waals surface area contributed by atoms with Gasteiger partial charge in [-0.15, -0.1) is 4.57 Å². The molecule has 0 bridgehead atoms. The van der Waals surface area contributed by atoms with E-state index >= 15 is 0 Å². The van der Waals surface area contributed by atoms with Crippen LogP contribution >= 0.6 is 0 Å². The van der Waals surface area contributed by atoms with Crippen molar-refractivity contribution in [3.63, 3.8) is 0 Å². The van der Waals surface area contributed by atoms with Crippen LogP contribution in [0.2, 0.25) is 0 Å². The molecular weight excluding hydrogens is 422 g/mol. The maximum atomic E-state index is 6.61. The predicted molar refractivity (Wildman–Crippen MR) is 126 cm³/mol. The van der Waals surface area contributed by atoms with E-state index in [2.05, 4.69) is 86.6 Å². The molecule has 34 heavy (non-hydrogen) atoms. The summed E-state index contributed by atoms with van der Waals surface area (Å²) in [5.74, 6) is 3.36. The molecule has 0 aliphatic carbocycles. The summed E-state index contributed by atoms with van der Waals surface area (Å²) in [6, 6.07) is 27.7. The Morgan fingerprint density at radius 1 is 0.559 bits per heavy atom. The number of nitrogens with zero attached hydrogens (tertiary/aromatic N) is 3.